The van der Waals surface area contributed by atoms with E-state index in [2.05, 4.69) is 17.6 Å². The van der Waals surface area contributed by atoms with Crippen LogP contribution in [0, 0.1) is 0 Å². The van der Waals surface area contributed by atoms with Gasteiger partial charge in [-0.2, -0.15) is 0 Å². The standard InChI is InChI=1S/C9H22N2O/c1-3-10-6-4-5-7-11-8-9-12-2/h10-11H,3-9H2,1-2H3. The molecular weight excluding hydrogens is 152 g/mol. The lowest BCUT2D eigenvalue weighted by Crippen LogP contribution is -2.21. The highest BCUT2D eigenvalue weighted by Crippen LogP contribution is 1.83. The van der Waals surface area contributed by atoms with E-state index in [-0.39, 0.29) is 0 Å². The summed E-state index contributed by atoms with van der Waals surface area (Å²) in [4.78, 5) is 0. The molecule has 0 aromatic rings. The summed E-state index contributed by atoms with van der Waals surface area (Å²) < 4.78 is 4.91. The van der Waals surface area contributed by atoms with E-state index in [1.54, 1.807) is 7.11 Å². The van der Waals surface area contributed by atoms with Gasteiger partial charge >= 0.3 is 0 Å². The normalized spacial score (nSPS) is 10.5. The van der Waals surface area contributed by atoms with Gasteiger partial charge in [0.1, 0.15) is 0 Å². The molecule has 0 aromatic carbocycles. The maximum atomic E-state index is 4.91. The van der Waals surface area contributed by atoms with Crippen molar-refractivity contribution in [3.63, 3.8) is 0 Å². The predicted octanol–water partition coefficient (Wildman–Crippen LogP) is 0.612. The van der Waals surface area contributed by atoms with Gasteiger partial charge in [-0.3, -0.25) is 0 Å². The number of ether oxygens (including phenoxy) is 1. The van der Waals surface area contributed by atoms with Gasteiger partial charge in [0.05, 0.1) is 6.61 Å². The van der Waals surface area contributed by atoms with Crippen molar-refractivity contribution < 1.29 is 4.74 Å². The zero-order valence-electron chi connectivity index (χ0n) is 8.36. The van der Waals surface area contributed by atoms with Gasteiger partial charge in [-0.1, -0.05) is 6.92 Å². The second kappa shape index (κ2) is 10.9. The topological polar surface area (TPSA) is 33.3 Å². The Bertz CT molecular complexity index is 68.9. The highest BCUT2D eigenvalue weighted by Gasteiger charge is 1.87. The second-order valence-electron chi connectivity index (χ2n) is 2.80. The molecule has 0 fully saturated rings. The van der Waals surface area contributed by atoms with Crippen LogP contribution < -0.4 is 10.6 Å². The lowest BCUT2D eigenvalue weighted by molar-refractivity contribution is 0.199. The van der Waals surface area contributed by atoms with Crippen LogP contribution in [-0.2, 0) is 4.74 Å². The molecule has 0 rings (SSSR count). The quantitative estimate of drug-likeness (QED) is 0.503. The first-order valence-corrected chi connectivity index (χ1v) is 4.82. The fourth-order valence-corrected chi connectivity index (χ4v) is 0.976. The Labute approximate surface area is 75.9 Å². The summed E-state index contributed by atoms with van der Waals surface area (Å²) in [5.41, 5.74) is 0. The third-order valence-corrected chi connectivity index (χ3v) is 1.69. The van der Waals surface area contributed by atoms with Gasteiger partial charge in [-0.25, -0.2) is 0 Å². The smallest absolute Gasteiger partial charge is 0.0587 e. The van der Waals surface area contributed by atoms with E-state index in [9.17, 15) is 0 Å². The fourth-order valence-electron chi connectivity index (χ4n) is 0.976. The van der Waals surface area contributed by atoms with E-state index in [4.69, 9.17) is 4.74 Å². The van der Waals surface area contributed by atoms with Crippen molar-refractivity contribution in [3.8, 4) is 0 Å². The lowest BCUT2D eigenvalue weighted by Gasteiger charge is -2.03. The molecule has 0 spiro atoms. The second-order valence-corrected chi connectivity index (χ2v) is 2.80. The summed E-state index contributed by atoms with van der Waals surface area (Å²) in [6.07, 6.45) is 2.50. The molecule has 74 valence electrons. The first-order valence-electron chi connectivity index (χ1n) is 4.82. The first-order chi connectivity index (χ1) is 5.91. The van der Waals surface area contributed by atoms with Crippen LogP contribution in [0.1, 0.15) is 19.8 Å². The molecule has 0 aliphatic heterocycles. The molecule has 0 heterocycles. The van der Waals surface area contributed by atoms with Crippen LogP contribution in [0.5, 0.6) is 0 Å². The molecule has 0 amide bonds. The Morgan fingerprint density at radius 3 is 2.25 bits per heavy atom. The predicted molar refractivity (Wildman–Crippen MR) is 52.5 cm³/mol. The molecule has 12 heavy (non-hydrogen) atoms. The van der Waals surface area contributed by atoms with E-state index >= 15 is 0 Å². The third kappa shape index (κ3) is 9.88. The van der Waals surface area contributed by atoms with Crippen molar-refractivity contribution in [2.75, 3.05) is 39.9 Å². The van der Waals surface area contributed by atoms with Crippen molar-refractivity contribution in [1.82, 2.24) is 10.6 Å². The van der Waals surface area contributed by atoms with E-state index in [0.29, 0.717) is 0 Å². The van der Waals surface area contributed by atoms with E-state index in [0.717, 1.165) is 32.8 Å². The molecule has 3 heteroatoms. The van der Waals surface area contributed by atoms with Crippen LogP contribution in [0.2, 0.25) is 0 Å². The number of methoxy groups -OCH3 is 1. The summed E-state index contributed by atoms with van der Waals surface area (Å²) >= 11 is 0. The van der Waals surface area contributed by atoms with Crippen molar-refractivity contribution in [2.24, 2.45) is 0 Å². The van der Waals surface area contributed by atoms with Crippen molar-refractivity contribution in [1.29, 1.82) is 0 Å². The molecule has 0 radical (unpaired) electrons. The SMILES string of the molecule is CCNCCCCNCCOC. The molecule has 0 saturated carbocycles. The minimum absolute atomic E-state index is 0.813. The molecular formula is C9H22N2O. The average Bonchev–Trinajstić information content (AvgIpc) is 2.10. The summed E-state index contributed by atoms with van der Waals surface area (Å²) in [6, 6.07) is 0. The van der Waals surface area contributed by atoms with Crippen molar-refractivity contribution in [2.45, 2.75) is 19.8 Å². The van der Waals surface area contributed by atoms with Crippen molar-refractivity contribution >= 4 is 0 Å². The lowest BCUT2D eigenvalue weighted by atomic mass is 10.3. The number of rotatable bonds is 9. The van der Waals surface area contributed by atoms with Crippen LogP contribution in [0.4, 0.5) is 0 Å². The zero-order valence-corrected chi connectivity index (χ0v) is 8.36. The molecule has 0 aliphatic rings. The monoisotopic (exact) mass is 174 g/mol. The van der Waals surface area contributed by atoms with Crippen LogP contribution in [-0.4, -0.2) is 39.9 Å². The Kier molecular flexibility index (Phi) is 10.8. The number of unbranched alkanes of at least 4 members (excludes halogenated alkanes) is 1. The van der Waals surface area contributed by atoms with Gasteiger partial charge < -0.3 is 15.4 Å². The average molecular weight is 174 g/mol. The van der Waals surface area contributed by atoms with Gasteiger partial charge in [0, 0.05) is 13.7 Å². The number of hydrogen-bond acceptors (Lipinski definition) is 3. The minimum Gasteiger partial charge on any atom is -0.383 e. The molecule has 3 nitrogen and oxygen atoms in total. The fraction of sp³-hybridized carbons (Fsp3) is 1.00. The van der Waals surface area contributed by atoms with Crippen molar-refractivity contribution in [3.05, 3.63) is 0 Å². The summed E-state index contributed by atoms with van der Waals surface area (Å²) in [6.45, 7) is 7.25. The number of nitrogens with one attached hydrogen (secondary N) is 2. The first kappa shape index (κ1) is 11.9. The molecule has 0 saturated heterocycles. The van der Waals surface area contributed by atoms with Crippen LogP contribution in [0.3, 0.4) is 0 Å². The summed E-state index contributed by atoms with van der Waals surface area (Å²) in [7, 11) is 1.73. The van der Waals surface area contributed by atoms with Crippen LogP contribution in [0.25, 0.3) is 0 Å². The zero-order chi connectivity index (χ0) is 9.07. The highest BCUT2D eigenvalue weighted by atomic mass is 16.5. The van der Waals surface area contributed by atoms with Gasteiger partial charge in [0.2, 0.25) is 0 Å². The third-order valence-electron chi connectivity index (χ3n) is 1.69. The maximum absolute atomic E-state index is 4.91. The largest absolute Gasteiger partial charge is 0.383 e. The Morgan fingerprint density at radius 1 is 1.00 bits per heavy atom. The van der Waals surface area contributed by atoms with Crippen LogP contribution in [0.15, 0.2) is 0 Å². The highest BCUT2D eigenvalue weighted by molar-refractivity contribution is 4.49. The van der Waals surface area contributed by atoms with Gasteiger partial charge in [-0.05, 0) is 32.5 Å². The Morgan fingerprint density at radius 2 is 1.67 bits per heavy atom. The van der Waals surface area contributed by atoms with Gasteiger partial charge in [0.15, 0.2) is 0 Å². The van der Waals surface area contributed by atoms with E-state index in [1.807, 2.05) is 0 Å². The molecule has 0 bridgehead atoms. The molecule has 0 atom stereocenters. The Balaban J connectivity index is 2.73. The Hall–Kier alpha value is -0.120. The molecule has 0 aromatic heterocycles. The summed E-state index contributed by atoms with van der Waals surface area (Å²) in [5, 5.41) is 6.61. The van der Waals surface area contributed by atoms with Gasteiger partial charge in [-0.15, -0.1) is 0 Å². The minimum atomic E-state index is 0.813. The van der Waals surface area contributed by atoms with Gasteiger partial charge in [0.25, 0.3) is 0 Å². The molecule has 0 unspecified atom stereocenters. The molecule has 0 aliphatic carbocycles. The maximum Gasteiger partial charge on any atom is 0.0587 e. The van der Waals surface area contributed by atoms with E-state index < -0.39 is 0 Å². The van der Waals surface area contributed by atoms with Crippen LogP contribution >= 0.6 is 0 Å². The molecule has 2 N–H and O–H groups in total. The van der Waals surface area contributed by atoms with E-state index in [1.165, 1.54) is 12.8 Å². The number of hydrogen-bond donors (Lipinski definition) is 2. The summed E-state index contributed by atoms with van der Waals surface area (Å²) in [5.74, 6) is 0.